The third-order valence-corrected chi connectivity index (χ3v) is 3.89. The van der Waals surface area contributed by atoms with Crippen molar-refractivity contribution in [2.45, 2.75) is 25.9 Å². The SMILES string of the molecule is Cc1ccc(C(C)NC(CO)c2ccco2)s1. The van der Waals surface area contributed by atoms with E-state index < -0.39 is 0 Å². The molecule has 0 radical (unpaired) electrons. The van der Waals surface area contributed by atoms with Gasteiger partial charge in [0.05, 0.1) is 18.9 Å². The van der Waals surface area contributed by atoms with Crippen molar-refractivity contribution in [1.29, 1.82) is 0 Å². The second-order valence-corrected chi connectivity index (χ2v) is 5.41. The zero-order chi connectivity index (χ0) is 12.3. The second kappa shape index (κ2) is 5.49. The van der Waals surface area contributed by atoms with E-state index in [0.29, 0.717) is 0 Å². The maximum atomic E-state index is 9.38. The lowest BCUT2D eigenvalue weighted by Gasteiger charge is -2.19. The molecule has 2 heterocycles. The molecule has 0 amide bonds. The lowest BCUT2D eigenvalue weighted by atomic mass is 10.2. The Morgan fingerprint density at radius 2 is 2.24 bits per heavy atom. The summed E-state index contributed by atoms with van der Waals surface area (Å²) in [6, 6.07) is 7.99. The van der Waals surface area contributed by atoms with E-state index in [-0.39, 0.29) is 18.7 Å². The van der Waals surface area contributed by atoms with E-state index in [1.165, 1.54) is 9.75 Å². The average molecular weight is 251 g/mol. The third-order valence-electron chi connectivity index (χ3n) is 2.71. The molecule has 0 saturated carbocycles. The third kappa shape index (κ3) is 2.97. The van der Waals surface area contributed by atoms with Crippen LogP contribution < -0.4 is 5.32 Å². The lowest BCUT2D eigenvalue weighted by molar-refractivity contribution is 0.217. The molecule has 0 saturated heterocycles. The van der Waals surface area contributed by atoms with Gasteiger partial charge in [-0.1, -0.05) is 0 Å². The Morgan fingerprint density at radius 3 is 2.76 bits per heavy atom. The molecule has 2 unspecified atom stereocenters. The van der Waals surface area contributed by atoms with Gasteiger partial charge in [-0.15, -0.1) is 11.3 Å². The molecule has 0 aromatic carbocycles. The molecule has 2 aromatic rings. The number of nitrogens with one attached hydrogen (secondary N) is 1. The van der Waals surface area contributed by atoms with Crippen molar-refractivity contribution in [2.75, 3.05) is 6.61 Å². The van der Waals surface area contributed by atoms with Crippen LogP contribution in [0.15, 0.2) is 34.9 Å². The molecule has 0 fully saturated rings. The predicted octanol–water partition coefficient (Wildman–Crippen LogP) is 3.03. The predicted molar refractivity (Wildman–Crippen MR) is 69.1 cm³/mol. The van der Waals surface area contributed by atoms with Gasteiger partial charge < -0.3 is 9.52 Å². The Bertz CT molecular complexity index is 450. The molecule has 2 aromatic heterocycles. The summed E-state index contributed by atoms with van der Waals surface area (Å²) < 4.78 is 5.31. The smallest absolute Gasteiger partial charge is 0.123 e. The van der Waals surface area contributed by atoms with Crippen LogP contribution in [0.4, 0.5) is 0 Å². The van der Waals surface area contributed by atoms with Gasteiger partial charge in [-0.3, -0.25) is 5.32 Å². The number of thiophene rings is 1. The Hall–Kier alpha value is -1.10. The number of hydrogen-bond acceptors (Lipinski definition) is 4. The number of aliphatic hydroxyl groups excluding tert-OH is 1. The Morgan fingerprint density at radius 1 is 1.41 bits per heavy atom. The van der Waals surface area contributed by atoms with Gasteiger partial charge in [0.2, 0.25) is 0 Å². The number of aryl methyl sites for hydroxylation is 1. The highest BCUT2D eigenvalue weighted by Gasteiger charge is 2.17. The molecule has 2 rings (SSSR count). The molecule has 0 bridgehead atoms. The van der Waals surface area contributed by atoms with Gasteiger partial charge in [-0.05, 0) is 38.1 Å². The summed E-state index contributed by atoms with van der Waals surface area (Å²) in [5, 5.41) is 12.7. The van der Waals surface area contributed by atoms with E-state index in [0.717, 1.165) is 5.76 Å². The summed E-state index contributed by atoms with van der Waals surface area (Å²) in [5.74, 6) is 0.771. The van der Waals surface area contributed by atoms with E-state index in [9.17, 15) is 5.11 Å². The van der Waals surface area contributed by atoms with Crippen LogP contribution in [-0.4, -0.2) is 11.7 Å². The fourth-order valence-electron chi connectivity index (χ4n) is 1.78. The van der Waals surface area contributed by atoms with Crippen molar-refractivity contribution in [3.05, 3.63) is 46.0 Å². The first-order valence-corrected chi connectivity index (χ1v) is 6.49. The van der Waals surface area contributed by atoms with Gasteiger partial charge in [0.15, 0.2) is 0 Å². The molecule has 0 aliphatic heterocycles. The minimum atomic E-state index is -0.151. The molecule has 3 nitrogen and oxygen atoms in total. The normalized spacial score (nSPS) is 14.8. The Labute approximate surface area is 105 Å². The Kier molecular flexibility index (Phi) is 3.99. The minimum absolute atomic E-state index is 0.0300. The zero-order valence-electron chi connectivity index (χ0n) is 10.0. The second-order valence-electron chi connectivity index (χ2n) is 4.09. The molecular weight excluding hydrogens is 234 g/mol. The molecule has 0 aliphatic carbocycles. The van der Waals surface area contributed by atoms with Crippen molar-refractivity contribution in [3.63, 3.8) is 0 Å². The van der Waals surface area contributed by atoms with E-state index in [1.54, 1.807) is 17.6 Å². The van der Waals surface area contributed by atoms with Crippen molar-refractivity contribution in [2.24, 2.45) is 0 Å². The van der Waals surface area contributed by atoms with Crippen LogP contribution in [0.1, 0.15) is 34.5 Å². The molecule has 0 aliphatic rings. The van der Waals surface area contributed by atoms with Gasteiger partial charge in [0, 0.05) is 15.8 Å². The highest BCUT2D eigenvalue weighted by Crippen LogP contribution is 2.25. The van der Waals surface area contributed by atoms with Crippen LogP contribution in [0.3, 0.4) is 0 Å². The fourth-order valence-corrected chi connectivity index (χ4v) is 2.67. The number of rotatable bonds is 5. The summed E-state index contributed by atoms with van der Waals surface area (Å²) in [6.07, 6.45) is 1.62. The fraction of sp³-hybridized carbons (Fsp3) is 0.385. The van der Waals surface area contributed by atoms with E-state index >= 15 is 0 Å². The first-order valence-electron chi connectivity index (χ1n) is 5.67. The highest BCUT2D eigenvalue weighted by molar-refractivity contribution is 7.12. The zero-order valence-corrected chi connectivity index (χ0v) is 10.8. The van der Waals surface area contributed by atoms with Crippen molar-refractivity contribution >= 4 is 11.3 Å². The largest absolute Gasteiger partial charge is 0.468 e. The summed E-state index contributed by atoms with van der Waals surface area (Å²) >= 11 is 1.77. The minimum Gasteiger partial charge on any atom is -0.468 e. The van der Waals surface area contributed by atoms with Crippen LogP contribution in [-0.2, 0) is 0 Å². The standard InChI is InChI=1S/C13H17NO2S/c1-9-5-6-13(17-9)10(2)14-11(8-15)12-4-3-7-16-12/h3-7,10-11,14-15H,8H2,1-2H3. The topological polar surface area (TPSA) is 45.4 Å². The van der Waals surface area contributed by atoms with Gasteiger partial charge in [-0.2, -0.15) is 0 Å². The van der Waals surface area contributed by atoms with Gasteiger partial charge >= 0.3 is 0 Å². The molecular formula is C13H17NO2S. The van der Waals surface area contributed by atoms with Crippen LogP contribution >= 0.6 is 11.3 Å². The lowest BCUT2D eigenvalue weighted by Crippen LogP contribution is -2.26. The molecule has 17 heavy (non-hydrogen) atoms. The molecule has 4 heteroatoms. The van der Waals surface area contributed by atoms with Crippen molar-refractivity contribution in [1.82, 2.24) is 5.32 Å². The quantitative estimate of drug-likeness (QED) is 0.858. The number of aliphatic hydroxyl groups is 1. The summed E-state index contributed by atoms with van der Waals surface area (Å²) in [7, 11) is 0. The van der Waals surface area contributed by atoms with Crippen molar-refractivity contribution < 1.29 is 9.52 Å². The van der Waals surface area contributed by atoms with Gasteiger partial charge in [0.25, 0.3) is 0 Å². The summed E-state index contributed by atoms with van der Waals surface area (Å²) in [4.78, 5) is 2.57. The van der Waals surface area contributed by atoms with Gasteiger partial charge in [-0.25, -0.2) is 0 Å². The summed E-state index contributed by atoms with van der Waals surface area (Å²) in [6.45, 7) is 4.22. The molecule has 0 spiro atoms. The molecule has 2 atom stereocenters. The number of furan rings is 1. The first kappa shape index (κ1) is 12.4. The highest BCUT2D eigenvalue weighted by atomic mass is 32.1. The summed E-state index contributed by atoms with van der Waals surface area (Å²) in [5.41, 5.74) is 0. The first-order chi connectivity index (χ1) is 8.20. The maximum absolute atomic E-state index is 9.38. The van der Waals surface area contributed by atoms with Crippen LogP contribution in [0.25, 0.3) is 0 Å². The van der Waals surface area contributed by atoms with Crippen LogP contribution in [0.5, 0.6) is 0 Å². The maximum Gasteiger partial charge on any atom is 0.123 e. The molecule has 2 N–H and O–H groups in total. The van der Waals surface area contributed by atoms with Crippen LogP contribution in [0.2, 0.25) is 0 Å². The van der Waals surface area contributed by atoms with Gasteiger partial charge in [0.1, 0.15) is 5.76 Å². The van der Waals surface area contributed by atoms with E-state index in [1.807, 2.05) is 12.1 Å². The van der Waals surface area contributed by atoms with Crippen LogP contribution in [0, 0.1) is 6.92 Å². The monoisotopic (exact) mass is 251 g/mol. The van der Waals surface area contributed by atoms with Crippen molar-refractivity contribution in [3.8, 4) is 0 Å². The van der Waals surface area contributed by atoms with E-state index in [2.05, 4.69) is 31.3 Å². The Balaban J connectivity index is 2.04. The average Bonchev–Trinajstić information content (AvgIpc) is 2.96. The number of hydrogen-bond donors (Lipinski definition) is 2. The molecule has 92 valence electrons. The van der Waals surface area contributed by atoms with E-state index in [4.69, 9.17) is 4.42 Å².